The highest BCUT2D eigenvalue weighted by molar-refractivity contribution is 6.07. The van der Waals surface area contributed by atoms with Crippen LogP contribution < -0.4 is 0 Å². The molecule has 2 fully saturated rings. The number of piperidine rings is 1. The first-order valence-electron chi connectivity index (χ1n) is 12.0. The smallest absolute Gasteiger partial charge is 0.328 e. The highest BCUT2D eigenvalue weighted by Gasteiger charge is 2.57. The van der Waals surface area contributed by atoms with Gasteiger partial charge in [0, 0.05) is 45.2 Å². The van der Waals surface area contributed by atoms with Crippen LogP contribution in [0.1, 0.15) is 37.3 Å². The van der Waals surface area contributed by atoms with Gasteiger partial charge in [-0.3, -0.25) is 14.7 Å². The second-order valence-corrected chi connectivity index (χ2v) is 9.30. The van der Waals surface area contributed by atoms with Crippen molar-refractivity contribution in [3.05, 3.63) is 59.9 Å². The molecule has 182 valence electrons. The summed E-state index contributed by atoms with van der Waals surface area (Å²) in [6.07, 6.45) is 6.54. The molecule has 2 saturated heterocycles. The van der Waals surface area contributed by atoms with Crippen molar-refractivity contribution in [2.75, 3.05) is 33.4 Å². The zero-order valence-electron chi connectivity index (χ0n) is 20.0. The first-order chi connectivity index (χ1) is 16.4. The minimum atomic E-state index is -0.801. The summed E-state index contributed by atoms with van der Waals surface area (Å²) < 4.78 is 5.26. The number of carbonyl (C=O) groups is 2. The topological polar surface area (TPSA) is 86.2 Å². The lowest BCUT2D eigenvalue weighted by atomic mass is 9.85. The molecule has 4 rings (SSSR count). The van der Waals surface area contributed by atoms with Crippen molar-refractivity contribution >= 4 is 11.9 Å². The molecule has 1 N–H and O–H groups in total. The highest BCUT2D eigenvalue weighted by Crippen LogP contribution is 2.38. The van der Waals surface area contributed by atoms with E-state index in [1.165, 1.54) is 10.5 Å². The van der Waals surface area contributed by atoms with E-state index < -0.39 is 5.54 Å². The van der Waals surface area contributed by atoms with E-state index in [2.05, 4.69) is 16.8 Å². The van der Waals surface area contributed by atoms with Crippen molar-refractivity contribution in [3.63, 3.8) is 0 Å². The molecular weight excluding hydrogens is 432 g/mol. The number of benzene rings is 1. The van der Waals surface area contributed by atoms with Gasteiger partial charge in [-0.15, -0.1) is 0 Å². The number of imide groups is 1. The molecule has 3 amide bonds. The van der Waals surface area contributed by atoms with Gasteiger partial charge in [-0.2, -0.15) is 0 Å². The molecular formula is C26H34N4O4. The fourth-order valence-corrected chi connectivity index (χ4v) is 5.13. The van der Waals surface area contributed by atoms with Crippen LogP contribution in [0.4, 0.5) is 4.79 Å². The van der Waals surface area contributed by atoms with E-state index in [0.717, 1.165) is 31.5 Å². The summed E-state index contributed by atoms with van der Waals surface area (Å²) in [4.78, 5) is 36.6. The number of hydrogen-bond acceptors (Lipinski definition) is 6. The summed E-state index contributed by atoms with van der Waals surface area (Å²) in [7, 11) is 1.61. The average molecular weight is 467 g/mol. The fraction of sp³-hybridized carbons (Fsp3) is 0.500. The Hall–Kier alpha value is -2.97. The highest BCUT2D eigenvalue weighted by atomic mass is 16.5. The predicted octanol–water partition coefficient (Wildman–Crippen LogP) is 3.05. The molecule has 34 heavy (non-hydrogen) atoms. The molecule has 2 aliphatic heterocycles. The van der Waals surface area contributed by atoms with Crippen molar-refractivity contribution in [3.8, 4) is 5.75 Å². The molecule has 3 heterocycles. The van der Waals surface area contributed by atoms with E-state index in [0.29, 0.717) is 32.0 Å². The SMILES string of the molecule is COCCN1C(=O)N(Cc2cccnc2)C(=O)C12CCN(C(C)CCc1ccc(O)cc1)CC2. The Morgan fingerprint density at radius 2 is 1.85 bits per heavy atom. The number of nitrogens with zero attached hydrogens (tertiary/aromatic N) is 4. The number of amides is 3. The summed E-state index contributed by atoms with van der Waals surface area (Å²) in [6.45, 7) is 4.79. The van der Waals surface area contributed by atoms with Gasteiger partial charge in [0.05, 0.1) is 13.2 Å². The lowest BCUT2D eigenvalue weighted by Crippen LogP contribution is -2.58. The van der Waals surface area contributed by atoms with Gasteiger partial charge in [-0.25, -0.2) is 4.79 Å². The molecule has 1 atom stereocenters. The van der Waals surface area contributed by atoms with Crippen LogP contribution >= 0.6 is 0 Å². The third kappa shape index (κ3) is 4.93. The summed E-state index contributed by atoms with van der Waals surface area (Å²) in [6, 6.07) is 11.2. The van der Waals surface area contributed by atoms with Crippen LogP contribution in [0.3, 0.4) is 0 Å². The number of carbonyl (C=O) groups excluding carboxylic acids is 2. The Labute approximate surface area is 201 Å². The molecule has 2 aliphatic rings. The van der Waals surface area contributed by atoms with Crippen LogP contribution in [-0.4, -0.2) is 81.7 Å². The zero-order chi connectivity index (χ0) is 24.1. The monoisotopic (exact) mass is 466 g/mol. The van der Waals surface area contributed by atoms with E-state index in [1.807, 2.05) is 24.3 Å². The molecule has 1 unspecified atom stereocenters. The van der Waals surface area contributed by atoms with E-state index >= 15 is 0 Å². The quantitative estimate of drug-likeness (QED) is 0.572. The summed E-state index contributed by atoms with van der Waals surface area (Å²) in [5, 5.41) is 9.48. The number of likely N-dealkylation sites (tertiary alicyclic amines) is 1. The molecule has 0 saturated carbocycles. The van der Waals surface area contributed by atoms with Crippen molar-refractivity contribution in [1.82, 2.24) is 19.7 Å². The zero-order valence-corrected chi connectivity index (χ0v) is 20.0. The Morgan fingerprint density at radius 1 is 1.12 bits per heavy atom. The fourth-order valence-electron chi connectivity index (χ4n) is 5.13. The normalized spacial score (nSPS) is 19.2. The van der Waals surface area contributed by atoms with Crippen LogP contribution in [-0.2, 0) is 22.5 Å². The third-order valence-corrected chi connectivity index (χ3v) is 7.24. The Balaban J connectivity index is 1.42. The van der Waals surface area contributed by atoms with Crippen LogP contribution in [0.25, 0.3) is 0 Å². The Bertz CT molecular complexity index is 974. The maximum Gasteiger partial charge on any atom is 0.328 e. The van der Waals surface area contributed by atoms with Gasteiger partial charge in [-0.1, -0.05) is 18.2 Å². The van der Waals surface area contributed by atoms with Gasteiger partial charge in [0.15, 0.2) is 0 Å². The molecule has 1 aromatic heterocycles. The lowest BCUT2D eigenvalue weighted by Gasteiger charge is -2.44. The van der Waals surface area contributed by atoms with Crippen molar-refractivity contribution in [2.45, 2.75) is 50.7 Å². The maximum absolute atomic E-state index is 13.6. The lowest BCUT2D eigenvalue weighted by molar-refractivity contribution is -0.136. The van der Waals surface area contributed by atoms with Crippen LogP contribution in [0, 0.1) is 0 Å². The summed E-state index contributed by atoms with van der Waals surface area (Å²) in [5.41, 5.74) is 1.24. The standard InChI is InChI=1S/C26H34N4O4/c1-20(5-6-21-7-9-23(31)10-8-21)28-14-11-26(12-15-28)24(32)29(19-22-4-3-13-27-18-22)25(33)30(26)16-17-34-2/h3-4,7-10,13,18,20,31H,5-6,11-12,14-17,19H2,1-2H3. The molecule has 0 aliphatic carbocycles. The predicted molar refractivity (Wildman–Crippen MR) is 128 cm³/mol. The van der Waals surface area contributed by atoms with Crippen LogP contribution in [0.5, 0.6) is 5.75 Å². The van der Waals surface area contributed by atoms with Gasteiger partial charge in [0.2, 0.25) is 0 Å². The number of rotatable bonds is 9. The van der Waals surface area contributed by atoms with Crippen molar-refractivity contribution < 1.29 is 19.4 Å². The van der Waals surface area contributed by atoms with E-state index in [-0.39, 0.29) is 24.2 Å². The largest absolute Gasteiger partial charge is 0.508 e. The minimum Gasteiger partial charge on any atom is -0.508 e. The van der Waals surface area contributed by atoms with Gasteiger partial charge in [0.25, 0.3) is 5.91 Å². The van der Waals surface area contributed by atoms with E-state index in [4.69, 9.17) is 4.74 Å². The number of phenols is 1. The number of methoxy groups -OCH3 is 1. The summed E-state index contributed by atoms with van der Waals surface area (Å²) in [5.74, 6) is 0.179. The van der Waals surface area contributed by atoms with E-state index in [1.54, 1.807) is 36.5 Å². The number of phenolic OH excluding ortho intramolecular Hbond substituents is 1. The number of aromatic hydroxyl groups is 1. The van der Waals surface area contributed by atoms with Gasteiger partial charge >= 0.3 is 6.03 Å². The second kappa shape index (κ2) is 10.5. The van der Waals surface area contributed by atoms with Crippen LogP contribution in [0.2, 0.25) is 0 Å². The number of hydrogen-bond donors (Lipinski definition) is 1. The number of pyridine rings is 1. The van der Waals surface area contributed by atoms with E-state index in [9.17, 15) is 14.7 Å². The molecule has 1 aromatic carbocycles. The molecule has 0 bridgehead atoms. The van der Waals surface area contributed by atoms with Gasteiger partial charge in [0.1, 0.15) is 11.3 Å². The third-order valence-electron chi connectivity index (χ3n) is 7.24. The van der Waals surface area contributed by atoms with Crippen molar-refractivity contribution in [1.29, 1.82) is 0 Å². The molecule has 2 aromatic rings. The number of aromatic nitrogens is 1. The van der Waals surface area contributed by atoms with Crippen molar-refractivity contribution in [2.24, 2.45) is 0 Å². The number of ether oxygens (including phenoxy) is 1. The maximum atomic E-state index is 13.6. The molecule has 1 spiro atoms. The first-order valence-corrected chi connectivity index (χ1v) is 12.0. The van der Waals surface area contributed by atoms with Gasteiger partial charge in [-0.05, 0) is 61.9 Å². The number of urea groups is 1. The summed E-state index contributed by atoms with van der Waals surface area (Å²) >= 11 is 0. The van der Waals surface area contributed by atoms with Crippen LogP contribution in [0.15, 0.2) is 48.8 Å². The minimum absolute atomic E-state index is 0.103. The number of aryl methyl sites for hydroxylation is 1. The first kappa shape index (κ1) is 24.2. The second-order valence-electron chi connectivity index (χ2n) is 9.30. The Morgan fingerprint density at radius 3 is 2.50 bits per heavy atom. The van der Waals surface area contributed by atoms with Gasteiger partial charge < -0.3 is 19.6 Å². The molecule has 8 nitrogen and oxygen atoms in total. The average Bonchev–Trinajstić information content (AvgIpc) is 3.04. The molecule has 0 radical (unpaired) electrons. The molecule has 8 heteroatoms. The Kier molecular flexibility index (Phi) is 7.48.